The molecular formula is C86H159NO10. The lowest BCUT2D eigenvalue weighted by Crippen LogP contribution is -2.60. The number of nitrogens with one attached hydrogen (secondary N) is 1. The van der Waals surface area contributed by atoms with E-state index in [1.165, 1.54) is 315 Å². The molecule has 1 saturated heterocycles. The fourth-order valence-electron chi connectivity index (χ4n) is 13.3. The van der Waals surface area contributed by atoms with Crippen molar-refractivity contribution in [2.24, 2.45) is 0 Å². The number of aliphatic hydroxyl groups is 5. The summed E-state index contributed by atoms with van der Waals surface area (Å²) in [6, 6.07) is -0.834. The summed E-state index contributed by atoms with van der Waals surface area (Å²) < 4.78 is 16.8. The lowest BCUT2D eigenvalue weighted by Gasteiger charge is -2.40. The Morgan fingerprint density at radius 1 is 0.381 bits per heavy atom. The van der Waals surface area contributed by atoms with Gasteiger partial charge in [-0.3, -0.25) is 9.59 Å². The molecule has 1 aliphatic heterocycles. The van der Waals surface area contributed by atoms with Gasteiger partial charge in [0.15, 0.2) is 6.29 Å². The van der Waals surface area contributed by atoms with Gasteiger partial charge >= 0.3 is 5.97 Å². The van der Waals surface area contributed by atoms with Crippen molar-refractivity contribution in [3.05, 3.63) is 60.8 Å². The number of carbonyl (C=O) groups excluding carboxylic acids is 2. The van der Waals surface area contributed by atoms with E-state index in [0.717, 1.165) is 70.6 Å². The average Bonchev–Trinajstić information content (AvgIpc) is 0.843. The van der Waals surface area contributed by atoms with Gasteiger partial charge in [-0.1, -0.05) is 370 Å². The molecule has 6 N–H and O–H groups in total. The predicted octanol–water partition coefficient (Wildman–Crippen LogP) is 23.2. The Morgan fingerprint density at radius 2 is 0.701 bits per heavy atom. The average molecular weight is 1370 g/mol. The van der Waals surface area contributed by atoms with Crippen LogP contribution in [0.15, 0.2) is 60.8 Å². The number of esters is 1. The van der Waals surface area contributed by atoms with Crippen molar-refractivity contribution in [1.82, 2.24) is 5.32 Å². The highest BCUT2D eigenvalue weighted by molar-refractivity contribution is 5.76. The molecule has 0 radical (unpaired) electrons. The Balaban J connectivity index is 1.90. The van der Waals surface area contributed by atoms with Crippen LogP contribution in [0, 0.1) is 0 Å². The highest BCUT2D eigenvalue weighted by Gasteiger charge is 2.44. The van der Waals surface area contributed by atoms with Gasteiger partial charge in [-0.15, -0.1) is 0 Å². The summed E-state index contributed by atoms with van der Waals surface area (Å²) in [6.45, 7) is 4.36. The number of unbranched alkanes of at least 4 members (excludes halogenated alkanes) is 53. The molecular weight excluding hydrogens is 1210 g/mol. The SMILES string of the molecule is CCCCCC/C=C/CC/C=C/CC/C=C/C(O)C(COC1OC(CO)C(O)C(O)C1O)NC(=O)CCCCCCCCCCCCCCCCCCC/C=C\C/C=C\CCCCCCCCCCCCCCCCCOC(=O)CCCCCCCCCCCCCCCCCC. The highest BCUT2D eigenvalue weighted by atomic mass is 16.7. The molecule has 0 aromatic carbocycles. The number of carbonyl (C=O) groups is 2. The number of aliphatic hydroxyl groups excluding tert-OH is 5. The molecule has 97 heavy (non-hydrogen) atoms. The van der Waals surface area contributed by atoms with E-state index in [4.69, 9.17) is 14.2 Å². The monoisotopic (exact) mass is 1370 g/mol. The molecule has 11 heteroatoms. The Morgan fingerprint density at radius 3 is 1.09 bits per heavy atom. The third-order valence-corrected chi connectivity index (χ3v) is 19.8. The van der Waals surface area contributed by atoms with E-state index < -0.39 is 49.5 Å². The summed E-state index contributed by atoms with van der Waals surface area (Å²) in [5, 5.41) is 54.6. The summed E-state index contributed by atoms with van der Waals surface area (Å²) in [7, 11) is 0. The van der Waals surface area contributed by atoms with E-state index in [1.807, 2.05) is 6.08 Å². The van der Waals surface area contributed by atoms with Gasteiger partial charge in [0.25, 0.3) is 0 Å². The Bertz CT molecular complexity index is 1800. The summed E-state index contributed by atoms with van der Waals surface area (Å²) in [4.78, 5) is 25.2. The van der Waals surface area contributed by atoms with Crippen LogP contribution < -0.4 is 5.32 Å². The summed E-state index contributed by atoms with van der Waals surface area (Å²) >= 11 is 0. The van der Waals surface area contributed by atoms with Crippen LogP contribution in [0.25, 0.3) is 0 Å². The van der Waals surface area contributed by atoms with Crippen LogP contribution in [0.1, 0.15) is 412 Å². The molecule has 0 aliphatic carbocycles. The van der Waals surface area contributed by atoms with Gasteiger partial charge in [0.1, 0.15) is 24.4 Å². The normalized spacial score (nSPS) is 17.5. The molecule has 1 heterocycles. The molecule has 7 atom stereocenters. The van der Waals surface area contributed by atoms with Crippen LogP contribution >= 0.6 is 0 Å². The molecule has 0 aromatic rings. The number of rotatable bonds is 75. The number of hydrogen-bond acceptors (Lipinski definition) is 10. The number of hydrogen-bond donors (Lipinski definition) is 6. The fourth-order valence-corrected chi connectivity index (χ4v) is 13.3. The molecule has 0 bridgehead atoms. The second-order valence-electron chi connectivity index (χ2n) is 29.2. The molecule has 11 nitrogen and oxygen atoms in total. The first kappa shape index (κ1) is 92.4. The second-order valence-corrected chi connectivity index (χ2v) is 29.2. The van der Waals surface area contributed by atoms with E-state index >= 15 is 0 Å². The fraction of sp³-hybridized carbons (Fsp3) is 0.860. The Hall–Kier alpha value is -2.64. The topological polar surface area (TPSA) is 175 Å². The summed E-state index contributed by atoms with van der Waals surface area (Å²) in [6.07, 6.45) is 91.3. The molecule has 0 aromatic heterocycles. The number of allylic oxidation sites excluding steroid dienone is 9. The lowest BCUT2D eigenvalue weighted by atomic mass is 9.99. The van der Waals surface area contributed by atoms with Crippen molar-refractivity contribution in [2.75, 3.05) is 19.8 Å². The van der Waals surface area contributed by atoms with E-state index in [-0.39, 0.29) is 18.5 Å². The molecule has 1 amide bonds. The number of amides is 1. The zero-order valence-corrected chi connectivity index (χ0v) is 63.6. The first-order valence-corrected chi connectivity index (χ1v) is 42.1. The Labute approximate surface area is 598 Å². The van der Waals surface area contributed by atoms with E-state index in [1.54, 1.807) is 6.08 Å². The van der Waals surface area contributed by atoms with Crippen molar-refractivity contribution in [2.45, 2.75) is 455 Å². The van der Waals surface area contributed by atoms with Crippen LogP contribution in [0.5, 0.6) is 0 Å². The van der Waals surface area contributed by atoms with Gasteiger partial charge in [0.05, 0.1) is 32.0 Å². The van der Waals surface area contributed by atoms with Crippen molar-refractivity contribution in [3.8, 4) is 0 Å². The maximum atomic E-state index is 13.1. The van der Waals surface area contributed by atoms with Gasteiger partial charge in [-0.25, -0.2) is 0 Å². The molecule has 1 fully saturated rings. The zero-order valence-electron chi connectivity index (χ0n) is 63.6. The third kappa shape index (κ3) is 62.8. The first-order chi connectivity index (χ1) is 47.7. The smallest absolute Gasteiger partial charge is 0.305 e. The van der Waals surface area contributed by atoms with E-state index in [2.05, 4.69) is 67.8 Å². The predicted molar refractivity (Wildman–Crippen MR) is 412 cm³/mol. The summed E-state index contributed by atoms with van der Waals surface area (Å²) in [5.41, 5.74) is 0. The highest BCUT2D eigenvalue weighted by Crippen LogP contribution is 2.24. The molecule has 0 spiro atoms. The van der Waals surface area contributed by atoms with Gasteiger partial charge in [0, 0.05) is 12.8 Å². The molecule has 7 unspecified atom stereocenters. The quantitative estimate of drug-likeness (QED) is 0.0195. The Kier molecular flexibility index (Phi) is 71.0. The van der Waals surface area contributed by atoms with Crippen molar-refractivity contribution >= 4 is 11.9 Å². The first-order valence-electron chi connectivity index (χ1n) is 42.1. The van der Waals surface area contributed by atoms with Gasteiger partial charge in [0.2, 0.25) is 5.91 Å². The van der Waals surface area contributed by atoms with Crippen LogP contribution in [0.2, 0.25) is 0 Å². The standard InChI is InChI=1S/C86H159NO10/c1-3-5-7-9-11-13-15-17-19-46-50-54-58-62-66-70-74-82(91)95-75-71-67-63-59-55-51-47-44-42-40-38-36-34-32-30-28-26-24-22-20-21-23-25-27-29-31-33-35-37-39-41-43-45-49-53-57-61-65-69-73-81(90)87-78(77-96-86-85(94)84(93)83(92)80(76-88)97-86)79(89)72-68-64-60-56-52-48-18-16-14-12-10-8-6-4-2/h14,16,20-21,24,26,52,56,68,72,78-80,83-86,88-89,92-94H,3-13,15,17-19,22-23,25,27-51,53-55,57-67,69-71,73-77H2,1-2H3,(H,87,90)/b16-14+,21-20-,26-24-,56-52+,72-68+. The van der Waals surface area contributed by atoms with E-state index in [0.29, 0.717) is 19.4 Å². The van der Waals surface area contributed by atoms with Gasteiger partial charge < -0.3 is 45.1 Å². The van der Waals surface area contributed by atoms with Crippen molar-refractivity contribution in [1.29, 1.82) is 0 Å². The maximum absolute atomic E-state index is 13.1. The molecule has 1 aliphatic rings. The van der Waals surface area contributed by atoms with Crippen LogP contribution in [-0.4, -0.2) is 100 Å². The molecule has 568 valence electrons. The van der Waals surface area contributed by atoms with Crippen molar-refractivity contribution in [3.63, 3.8) is 0 Å². The van der Waals surface area contributed by atoms with Gasteiger partial charge in [-0.05, 0) is 89.9 Å². The minimum Gasteiger partial charge on any atom is -0.466 e. The van der Waals surface area contributed by atoms with Gasteiger partial charge in [-0.2, -0.15) is 0 Å². The largest absolute Gasteiger partial charge is 0.466 e. The number of ether oxygens (including phenoxy) is 3. The lowest BCUT2D eigenvalue weighted by molar-refractivity contribution is -0.302. The molecule has 0 saturated carbocycles. The van der Waals surface area contributed by atoms with Crippen LogP contribution in [-0.2, 0) is 23.8 Å². The van der Waals surface area contributed by atoms with Crippen LogP contribution in [0.4, 0.5) is 0 Å². The minimum atomic E-state index is -1.58. The van der Waals surface area contributed by atoms with E-state index in [9.17, 15) is 35.1 Å². The zero-order chi connectivity index (χ0) is 70.1. The second kappa shape index (κ2) is 74.5. The maximum Gasteiger partial charge on any atom is 0.305 e. The van der Waals surface area contributed by atoms with Crippen LogP contribution in [0.3, 0.4) is 0 Å². The minimum absolute atomic E-state index is 0.0183. The van der Waals surface area contributed by atoms with Crippen molar-refractivity contribution < 1.29 is 49.3 Å². The summed E-state index contributed by atoms with van der Waals surface area (Å²) in [5.74, 6) is -0.174. The third-order valence-electron chi connectivity index (χ3n) is 19.8. The molecule has 1 rings (SSSR count).